The molecule has 0 aromatic carbocycles. The lowest BCUT2D eigenvalue weighted by Crippen LogP contribution is -2.03. The zero-order valence-corrected chi connectivity index (χ0v) is 9.41. The van der Waals surface area contributed by atoms with E-state index in [0.29, 0.717) is 3.77 Å². The van der Waals surface area contributed by atoms with E-state index >= 15 is 0 Å². The summed E-state index contributed by atoms with van der Waals surface area (Å²) < 4.78 is 21.4. The van der Waals surface area contributed by atoms with E-state index in [-0.39, 0.29) is 12.1 Å². The van der Waals surface area contributed by atoms with E-state index in [2.05, 4.69) is 4.52 Å². The van der Waals surface area contributed by atoms with Crippen molar-refractivity contribution in [2.45, 2.75) is 6.92 Å². The fourth-order valence-electron chi connectivity index (χ4n) is 0.695. The molecule has 0 aliphatic rings. The molecule has 1 N–H and O–H groups in total. The first-order valence-corrected chi connectivity index (χ1v) is 5.95. The van der Waals surface area contributed by atoms with Crippen molar-refractivity contribution in [3.8, 4) is 0 Å². The number of rotatable bonds is 3. The molecule has 1 heterocycles. The molecule has 1 atom stereocenters. The van der Waals surface area contributed by atoms with Gasteiger partial charge in [-0.2, -0.15) is 0 Å². The van der Waals surface area contributed by atoms with Gasteiger partial charge in [0.2, 0.25) is 5.50 Å². The Morgan fingerprint density at radius 2 is 2.42 bits per heavy atom. The molecule has 1 aromatic heterocycles. The van der Waals surface area contributed by atoms with Crippen LogP contribution in [0.5, 0.6) is 0 Å². The van der Waals surface area contributed by atoms with Crippen molar-refractivity contribution in [2.24, 2.45) is 0 Å². The van der Waals surface area contributed by atoms with E-state index in [1.807, 2.05) is 22.6 Å². The summed E-state index contributed by atoms with van der Waals surface area (Å²) in [6.45, 7) is 1.84. The van der Waals surface area contributed by atoms with Gasteiger partial charge in [0, 0.05) is 0 Å². The van der Waals surface area contributed by atoms with Crippen LogP contribution in [0.25, 0.3) is 0 Å². The molecule has 1 rings (SSSR count). The lowest BCUT2D eigenvalue weighted by Gasteiger charge is -2.05. The maximum absolute atomic E-state index is 11.3. The van der Waals surface area contributed by atoms with Crippen LogP contribution in [0.15, 0.2) is 16.5 Å². The SMILES string of the molecule is CCOP(=O)(O)c1ccc(I)o1. The molecule has 0 fully saturated rings. The molecule has 1 unspecified atom stereocenters. The van der Waals surface area contributed by atoms with Crippen molar-refractivity contribution in [3.05, 3.63) is 15.9 Å². The van der Waals surface area contributed by atoms with Crippen molar-refractivity contribution in [1.82, 2.24) is 0 Å². The van der Waals surface area contributed by atoms with Gasteiger partial charge in [0.05, 0.1) is 6.61 Å². The molecule has 1 aromatic rings. The van der Waals surface area contributed by atoms with Gasteiger partial charge in [0.25, 0.3) is 0 Å². The number of hydrogen-bond donors (Lipinski definition) is 1. The maximum Gasteiger partial charge on any atom is 0.393 e. The highest BCUT2D eigenvalue weighted by molar-refractivity contribution is 14.1. The Morgan fingerprint density at radius 3 is 2.83 bits per heavy atom. The molecule has 0 aliphatic heterocycles. The van der Waals surface area contributed by atoms with Crippen molar-refractivity contribution < 1.29 is 18.4 Å². The van der Waals surface area contributed by atoms with Crippen molar-refractivity contribution in [1.29, 1.82) is 0 Å². The molecule has 0 saturated heterocycles. The van der Waals surface area contributed by atoms with E-state index in [0.717, 1.165) is 0 Å². The molecule has 0 amide bonds. The first kappa shape index (κ1) is 10.2. The van der Waals surface area contributed by atoms with Crippen LogP contribution < -0.4 is 5.50 Å². The highest BCUT2D eigenvalue weighted by Gasteiger charge is 2.25. The second-order valence-electron chi connectivity index (χ2n) is 2.02. The third-order valence-electron chi connectivity index (χ3n) is 1.14. The average molecular weight is 302 g/mol. The third-order valence-corrected chi connectivity index (χ3v) is 3.13. The van der Waals surface area contributed by atoms with Gasteiger partial charge in [-0.25, -0.2) is 0 Å². The topological polar surface area (TPSA) is 59.7 Å². The van der Waals surface area contributed by atoms with Crippen LogP contribution in [-0.2, 0) is 9.09 Å². The molecule has 0 saturated carbocycles. The van der Waals surface area contributed by atoms with Crippen LogP contribution in [0, 0.1) is 3.77 Å². The van der Waals surface area contributed by atoms with Gasteiger partial charge in [0.15, 0.2) is 3.77 Å². The predicted octanol–water partition coefficient (Wildman–Crippen LogP) is 1.73. The van der Waals surface area contributed by atoms with Gasteiger partial charge in [-0.1, -0.05) is 0 Å². The van der Waals surface area contributed by atoms with E-state index in [1.54, 1.807) is 13.0 Å². The van der Waals surface area contributed by atoms with Gasteiger partial charge in [-0.15, -0.1) is 0 Å². The Labute approximate surface area is 83.6 Å². The van der Waals surface area contributed by atoms with Crippen LogP contribution in [0.4, 0.5) is 0 Å². The number of furan rings is 1. The Morgan fingerprint density at radius 1 is 1.75 bits per heavy atom. The summed E-state index contributed by atoms with van der Waals surface area (Å²) in [5.41, 5.74) is -0.00579. The van der Waals surface area contributed by atoms with E-state index in [9.17, 15) is 9.46 Å². The standard InChI is InChI=1S/C6H8IO4P/c1-2-10-12(8,9)6-4-3-5(7)11-6/h3-4H,2H2,1H3,(H,8,9). The maximum atomic E-state index is 11.3. The van der Waals surface area contributed by atoms with Gasteiger partial charge in [0.1, 0.15) is 0 Å². The fourth-order valence-corrected chi connectivity index (χ4v) is 2.24. The molecular weight excluding hydrogens is 294 g/mol. The van der Waals surface area contributed by atoms with Crippen LogP contribution >= 0.6 is 30.2 Å². The first-order chi connectivity index (χ1) is 5.56. The summed E-state index contributed by atoms with van der Waals surface area (Å²) in [5.74, 6) is 0. The summed E-state index contributed by atoms with van der Waals surface area (Å²) in [4.78, 5) is 9.24. The minimum atomic E-state index is -3.70. The first-order valence-electron chi connectivity index (χ1n) is 3.29. The summed E-state index contributed by atoms with van der Waals surface area (Å²) in [5, 5.41) is 0. The van der Waals surface area contributed by atoms with Gasteiger partial charge >= 0.3 is 7.60 Å². The van der Waals surface area contributed by atoms with Crippen LogP contribution in [0.1, 0.15) is 6.92 Å². The quantitative estimate of drug-likeness (QED) is 0.682. The lowest BCUT2D eigenvalue weighted by atomic mass is 10.7. The van der Waals surface area contributed by atoms with Gasteiger partial charge in [-0.3, -0.25) is 4.57 Å². The van der Waals surface area contributed by atoms with E-state index < -0.39 is 7.60 Å². The van der Waals surface area contributed by atoms with Crippen molar-refractivity contribution >= 4 is 35.7 Å². The fraction of sp³-hybridized carbons (Fsp3) is 0.333. The van der Waals surface area contributed by atoms with Crippen LogP contribution in [0.3, 0.4) is 0 Å². The minimum absolute atomic E-state index is 0.00579. The second-order valence-corrected chi connectivity index (χ2v) is 4.82. The van der Waals surface area contributed by atoms with Crippen LogP contribution in [0.2, 0.25) is 0 Å². The Bertz CT molecular complexity index is 308. The monoisotopic (exact) mass is 302 g/mol. The second kappa shape index (κ2) is 3.91. The molecule has 68 valence electrons. The molecule has 6 heteroatoms. The average Bonchev–Trinajstić information content (AvgIpc) is 2.36. The highest BCUT2D eigenvalue weighted by Crippen LogP contribution is 2.40. The summed E-state index contributed by atoms with van der Waals surface area (Å²) in [6.07, 6.45) is 0. The normalized spacial score (nSPS) is 15.9. The van der Waals surface area contributed by atoms with Crippen molar-refractivity contribution in [3.63, 3.8) is 0 Å². The van der Waals surface area contributed by atoms with Gasteiger partial charge < -0.3 is 13.8 Å². The zero-order valence-electron chi connectivity index (χ0n) is 6.36. The zero-order chi connectivity index (χ0) is 9.19. The summed E-state index contributed by atoms with van der Waals surface area (Å²) >= 11 is 1.91. The summed E-state index contributed by atoms with van der Waals surface area (Å²) in [7, 11) is -3.70. The number of hydrogen-bond acceptors (Lipinski definition) is 3. The molecule has 4 nitrogen and oxygen atoms in total. The Balaban J connectivity index is 2.89. The minimum Gasteiger partial charge on any atom is -0.442 e. The molecule has 0 spiro atoms. The van der Waals surface area contributed by atoms with Crippen LogP contribution in [-0.4, -0.2) is 11.5 Å². The molecule has 0 bridgehead atoms. The van der Waals surface area contributed by atoms with E-state index in [4.69, 9.17) is 4.42 Å². The highest BCUT2D eigenvalue weighted by atomic mass is 127. The lowest BCUT2D eigenvalue weighted by molar-refractivity contribution is 0.278. The smallest absolute Gasteiger partial charge is 0.393 e. The van der Waals surface area contributed by atoms with Gasteiger partial charge in [-0.05, 0) is 41.6 Å². The largest absolute Gasteiger partial charge is 0.442 e. The Kier molecular flexibility index (Phi) is 3.34. The van der Waals surface area contributed by atoms with E-state index in [1.165, 1.54) is 6.07 Å². The Hall–Kier alpha value is 0.160. The molecule has 0 radical (unpaired) electrons. The summed E-state index contributed by atoms with van der Waals surface area (Å²) in [6, 6.07) is 3.05. The molecular formula is C6H8IO4P. The van der Waals surface area contributed by atoms with Crippen molar-refractivity contribution in [2.75, 3.05) is 6.61 Å². The third kappa shape index (κ3) is 2.32. The predicted molar refractivity (Wildman–Crippen MR) is 52.5 cm³/mol. The molecule has 0 aliphatic carbocycles. The molecule has 12 heavy (non-hydrogen) atoms. The number of halogens is 1.